The van der Waals surface area contributed by atoms with E-state index in [-0.39, 0.29) is 0 Å². The van der Waals surface area contributed by atoms with E-state index in [0.29, 0.717) is 5.92 Å². The number of fused-ring (bicyclic) bond motifs is 1. The van der Waals surface area contributed by atoms with Gasteiger partial charge in [-0.05, 0) is 32.7 Å². The summed E-state index contributed by atoms with van der Waals surface area (Å²) in [5, 5.41) is 8.03. The van der Waals surface area contributed by atoms with Gasteiger partial charge in [0.05, 0.1) is 22.1 Å². The van der Waals surface area contributed by atoms with Crippen LogP contribution in [0.15, 0.2) is 5.38 Å². The van der Waals surface area contributed by atoms with Gasteiger partial charge >= 0.3 is 0 Å². The number of likely N-dealkylation sites (N-methyl/N-ethyl adjacent to an activating group) is 1. The van der Waals surface area contributed by atoms with Crippen LogP contribution in [0.4, 0.5) is 0 Å². The van der Waals surface area contributed by atoms with Gasteiger partial charge < -0.3 is 5.32 Å². The van der Waals surface area contributed by atoms with E-state index >= 15 is 0 Å². The zero-order chi connectivity index (χ0) is 13.9. The van der Waals surface area contributed by atoms with Crippen LogP contribution in [-0.2, 0) is 12.8 Å². The van der Waals surface area contributed by atoms with Gasteiger partial charge in [-0.1, -0.05) is 6.92 Å². The molecule has 20 heavy (non-hydrogen) atoms. The molecule has 0 spiro atoms. The summed E-state index contributed by atoms with van der Waals surface area (Å²) < 4.78 is 0. The fourth-order valence-corrected chi connectivity index (χ4v) is 4.83. The highest BCUT2D eigenvalue weighted by Gasteiger charge is 2.24. The molecule has 1 aliphatic rings. The fourth-order valence-electron chi connectivity index (χ4n) is 2.76. The number of hydrogen-bond donors (Lipinski definition) is 1. The monoisotopic (exact) mass is 307 g/mol. The van der Waals surface area contributed by atoms with Crippen molar-refractivity contribution in [3.63, 3.8) is 0 Å². The third-order valence-corrected chi connectivity index (χ3v) is 5.82. The van der Waals surface area contributed by atoms with Crippen LogP contribution in [0, 0.1) is 6.92 Å². The molecule has 2 aromatic rings. The third kappa shape index (κ3) is 3.10. The first kappa shape index (κ1) is 14.2. The van der Waals surface area contributed by atoms with Gasteiger partial charge in [-0.15, -0.1) is 22.7 Å². The largest absolute Gasteiger partial charge is 0.316 e. The summed E-state index contributed by atoms with van der Waals surface area (Å²) in [5.74, 6) is 0.613. The molecule has 0 aromatic carbocycles. The Hall–Kier alpha value is -0.780. The molecule has 1 atom stereocenters. The maximum Gasteiger partial charge on any atom is 0.0999 e. The van der Waals surface area contributed by atoms with E-state index in [1.54, 1.807) is 11.3 Å². The molecule has 1 N–H and O–H groups in total. The van der Waals surface area contributed by atoms with Crippen molar-refractivity contribution in [2.24, 2.45) is 0 Å². The first-order valence-electron chi connectivity index (χ1n) is 7.36. The van der Waals surface area contributed by atoms with Crippen LogP contribution in [0.25, 0.3) is 0 Å². The van der Waals surface area contributed by atoms with Gasteiger partial charge in [0.15, 0.2) is 0 Å². The number of rotatable bonds is 5. The predicted octanol–water partition coefficient (Wildman–Crippen LogP) is 3.53. The molecule has 5 heteroatoms. The molecule has 0 saturated carbocycles. The number of hydrogen-bond acceptors (Lipinski definition) is 5. The molecular formula is C15H21N3S2. The molecule has 0 radical (unpaired) electrons. The molecular weight excluding hydrogens is 286 g/mol. The molecule has 2 heterocycles. The Balaban J connectivity index is 1.76. The normalized spacial score (nSPS) is 18.2. The third-order valence-electron chi connectivity index (χ3n) is 3.72. The van der Waals surface area contributed by atoms with Crippen LogP contribution in [0.1, 0.15) is 52.0 Å². The quantitative estimate of drug-likeness (QED) is 0.918. The Kier molecular flexibility index (Phi) is 4.48. The zero-order valence-corrected chi connectivity index (χ0v) is 13.7. The highest BCUT2D eigenvalue weighted by Crippen LogP contribution is 2.35. The second-order valence-electron chi connectivity index (χ2n) is 5.37. The van der Waals surface area contributed by atoms with Gasteiger partial charge in [-0.3, -0.25) is 0 Å². The Bertz CT molecular complexity index is 573. The first-order valence-corrected chi connectivity index (χ1v) is 9.06. The zero-order valence-electron chi connectivity index (χ0n) is 12.1. The summed E-state index contributed by atoms with van der Waals surface area (Å²) in [6.07, 6.45) is 4.71. The van der Waals surface area contributed by atoms with Gasteiger partial charge in [-0.2, -0.15) is 0 Å². The van der Waals surface area contributed by atoms with Crippen molar-refractivity contribution in [1.82, 2.24) is 15.3 Å². The van der Waals surface area contributed by atoms with Gasteiger partial charge in [0.25, 0.3) is 0 Å². The van der Waals surface area contributed by atoms with Crippen LogP contribution >= 0.6 is 22.7 Å². The van der Waals surface area contributed by atoms with Crippen LogP contribution in [0.3, 0.4) is 0 Å². The van der Waals surface area contributed by atoms with E-state index in [1.165, 1.54) is 39.8 Å². The van der Waals surface area contributed by atoms with Crippen LogP contribution in [0.2, 0.25) is 0 Å². The van der Waals surface area contributed by atoms with Gasteiger partial charge in [0.2, 0.25) is 0 Å². The molecule has 3 rings (SSSR count). The molecule has 0 fully saturated rings. The van der Waals surface area contributed by atoms with Crippen LogP contribution < -0.4 is 5.32 Å². The summed E-state index contributed by atoms with van der Waals surface area (Å²) in [5.41, 5.74) is 2.49. The number of thiazole rings is 2. The van der Waals surface area contributed by atoms with Crippen molar-refractivity contribution in [1.29, 1.82) is 0 Å². The van der Waals surface area contributed by atoms with Crippen molar-refractivity contribution < 1.29 is 0 Å². The maximum absolute atomic E-state index is 4.93. The maximum atomic E-state index is 4.93. The summed E-state index contributed by atoms with van der Waals surface area (Å²) in [7, 11) is 0. The molecule has 1 unspecified atom stereocenters. The lowest BCUT2D eigenvalue weighted by Crippen LogP contribution is -2.24. The Morgan fingerprint density at radius 1 is 1.35 bits per heavy atom. The average Bonchev–Trinajstić information content (AvgIpc) is 3.02. The smallest absolute Gasteiger partial charge is 0.0999 e. The summed E-state index contributed by atoms with van der Waals surface area (Å²) in [4.78, 5) is 11.0. The van der Waals surface area contributed by atoms with Crippen molar-refractivity contribution in [2.45, 2.75) is 45.4 Å². The fraction of sp³-hybridized carbons (Fsp3) is 0.600. The lowest BCUT2D eigenvalue weighted by atomic mass is 9.91. The minimum Gasteiger partial charge on any atom is -0.316 e. The average molecular weight is 307 g/mol. The SMILES string of the molecule is CCNCC1CCCc2sc(Cc3nc(C)cs3)nc21. The number of aromatic nitrogens is 2. The van der Waals surface area contributed by atoms with E-state index in [1.807, 2.05) is 11.3 Å². The lowest BCUT2D eigenvalue weighted by Gasteiger charge is -2.21. The lowest BCUT2D eigenvalue weighted by molar-refractivity contribution is 0.508. The number of nitrogens with one attached hydrogen (secondary N) is 1. The summed E-state index contributed by atoms with van der Waals surface area (Å²) in [6, 6.07) is 0. The highest BCUT2D eigenvalue weighted by molar-refractivity contribution is 7.12. The predicted molar refractivity (Wildman–Crippen MR) is 86.0 cm³/mol. The molecule has 0 aliphatic heterocycles. The molecule has 3 nitrogen and oxygen atoms in total. The van der Waals surface area contributed by atoms with Crippen molar-refractivity contribution >= 4 is 22.7 Å². The topological polar surface area (TPSA) is 37.8 Å². The standard InChI is InChI=1S/C15H21N3S2/c1-3-16-8-11-5-4-6-12-15(11)18-14(20-12)7-13-17-10(2)9-19-13/h9,11,16H,3-8H2,1-2H3. The van der Waals surface area contributed by atoms with Crippen molar-refractivity contribution in [3.8, 4) is 0 Å². The molecule has 108 valence electrons. The second kappa shape index (κ2) is 6.33. The second-order valence-corrected chi connectivity index (χ2v) is 7.48. The molecule has 0 amide bonds. The van der Waals surface area contributed by atoms with E-state index in [2.05, 4.69) is 29.5 Å². The Morgan fingerprint density at radius 3 is 3.00 bits per heavy atom. The van der Waals surface area contributed by atoms with E-state index in [4.69, 9.17) is 4.98 Å². The van der Waals surface area contributed by atoms with Gasteiger partial charge in [0.1, 0.15) is 0 Å². The summed E-state index contributed by atoms with van der Waals surface area (Å²) in [6.45, 7) is 6.34. The number of aryl methyl sites for hydroxylation is 2. The molecule has 2 aromatic heterocycles. The van der Waals surface area contributed by atoms with E-state index in [9.17, 15) is 0 Å². The van der Waals surface area contributed by atoms with Crippen LogP contribution in [-0.4, -0.2) is 23.1 Å². The minimum absolute atomic E-state index is 0.613. The Morgan fingerprint density at radius 2 is 2.25 bits per heavy atom. The van der Waals surface area contributed by atoms with Crippen molar-refractivity contribution in [3.05, 3.63) is 31.7 Å². The molecule has 0 bridgehead atoms. The van der Waals surface area contributed by atoms with Gasteiger partial charge in [-0.25, -0.2) is 9.97 Å². The Labute approximate surface area is 128 Å². The van der Waals surface area contributed by atoms with E-state index < -0.39 is 0 Å². The number of nitrogens with zero attached hydrogens (tertiary/aromatic N) is 2. The van der Waals surface area contributed by atoms with Crippen LogP contribution in [0.5, 0.6) is 0 Å². The molecule has 1 aliphatic carbocycles. The summed E-state index contributed by atoms with van der Waals surface area (Å²) >= 11 is 3.65. The van der Waals surface area contributed by atoms with Crippen molar-refractivity contribution in [2.75, 3.05) is 13.1 Å². The molecule has 0 saturated heterocycles. The minimum atomic E-state index is 0.613. The van der Waals surface area contributed by atoms with Gasteiger partial charge in [0, 0.05) is 28.4 Å². The highest BCUT2D eigenvalue weighted by atomic mass is 32.1. The van der Waals surface area contributed by atoms with E-state index in [0.717, 1.165) is 25.2 Å². The first-order chi connectivity index (χ1) is 9.76.